The van der Waals surface area contributed by atoms with Crippen molar-refractivity contribution in [2.24, 2.45) is 0 Å². The Hall–Kier alpha value is -2.27. The van der Waals surface area contributed by atoms with E-state index in [4.69, 9.17) is 9.47 Å². The van der Waals surface area contributed by atoms with E-state index in [0.29, 0.717) is 0 Å². The lowest BCUT2D eigenvalue weighted by Crippen LogP contribution is -2.16. The first-order valence-electron chi connectivity index (χ1n) is 7.89. The number of aromatic nitrogens is 1. The summed E-state index contributed by atoms with van der Waals surface area (Å²) >= 11 is 0. The van der Waals surface area contributed by atoms with Crippen LogP contribution >= 0.6 is 0 Å². The highest BCUT2D eigenvalue weighted by Gasteiger charge is 2.01. The zero-order chi connectivity index (χ0) is 16.3. The van der Waals surface area contributed by atoms with Crippen molar-refractivity contribution in [2.45, 2.75) is 19.4 Å². The number of unbranched alkanes of at least 4 members (excludes halogenated alkanes) is 1. The van der Waals surface area contributed by atoms with Gasteiger partial charge in [-0.25, -0.2) is 4.98 Å². The van der Waals surface area contributed by atoms with Crippen LogP contribution in [0.1, 0.15) is 18.4 Å². The molecule has 2 aromatic rings. The van der Waals surface area contributed by atoms with E-state index in [1.165, 1.54) is 0 Å². The first-order valence-corrected chi connectivity index (χ1v) is 7.89. The van der Waals surface area contributed by atoms with Gasteiger partial charge < -0.3 is 20.1 Å². The van der Waals surface area contributed by atoms with Crippen molar-refractivity contribution in [1.82, 2.24) is 10.3 Å². The highest BCUT2D eigenvalue weighted by Crippen LogP contribution is 2.22. The lowest BCUT2D eigenvalue weighted by molar-refractivity contribution is 0.393. The van der Waals surface area contributed by atoms with Crippen molar-refractivity contribution in [3.05, 3.63) is 48.2 Å². The molecule has 1 aromatic heterocycles. The predicted molar refractivity (Wildman–Crippen MR) is 93.2 cm³/mol. The lowest BCUT2D eigenvalue weighted by Gasteiger charge is -2.10. The van der Waals surface area contributed by atoms with Crippen molar-refractivity contribution < 1.29 is 9.47 Å². The molecule has 0 aliphatic heterocycles. The molecule has 0 saturated heterocycles. The number of anilines is 1. The molecule has 0 bridgehead atoms. The van der Waals surface area contributed by atoms with Crippen LogP contribution < -0.4 is 20.1 Å². The molecular formula is C18H25N3O2. The zero-order valence-electron chi connectivity index (χ0n) is 13.8. The van der Waals surface area contributed by atoms with Gasteiger partial charge in [0.15, 0.2) is 0 Å². The minimum atomic E-state index is 0.807. The van der Waals surface area contributed by atoms with Crippen LogP contribution in [-0.4, -0.2) is 32.3 Å². The largest absolute Gasteiger partial charge is 0.497 e. The Morgan fingerprint density at radius 2 is 1.70 bits per heavy atom. The van der Waals surface area contributed by atoms with E-state index in [-0.39, 0.29) is 0 Å². The lowest BCUT2D eigenvalue weighted by atomic mass is 10.2. The summed E-state index contributed by atoms with van der Waals surface area (Å²) in [6.07, 6.45) is 4.01. The number of pyridine rings is 1. The Labute approximate surface area is 138 Å². The Morgan fingerprint density at radius 1 is 0.957 bits per heavy atom. The summed E-state index contributed by atoms with van der Waals surface area (Å²) in [5, 5.41) is 6.76. The summed E-state index contributed by atoms with van der Waals surface area (Å²) in [5.41, 5.74) is 1.16. The van der Waals surface area contributed by atoms with Crippen LogP contribution in [0.2, 0.25) is 0 Å². The van der Waals surface area contributed by atoms with Gasteiger partial charge in [-0.15, -0.1) is 0 Å². The Bertz CT molecular complexity index is 553. The SMILES string of the molecule is COc1cc(CNCCCCNc2ccccn2)cc(OC)c1. The van der Waals surface area contributed by atoms with Crippen molar-refractivity contribution in [1.29, 1.82) is 0 Å². The molecule has 0 atom stereocenters. The van der Waals surface area contributed by atoms with E-state index in [2.05, 4.69) is 15.6 Å². The van der Waals surface area contributed by atoms with Crippen LogP contribution in [0.4, 0.5) is 5.82 Å². The van der Waals surface area contributed by atoms with Gasteiger partial charge in [0.2, 0.25) is 0 Å². The topological polar surface area (TPSA) is 55.4 Å². The van der Waals surface area contributed by atoms with Crippen LogP contribution in [0.15, 0.2) is 42.6 Å². The molecule has 0 amide bonds. The summed E-state index contributed by atoms with van der Waals surface area (Å²) in [6.45, 7) is 2.72. The van der Waals surface area contributed by atoms with Gasteiger partial charge in [0, 0.05) is 25.4 Å². The molecule has 0 unspecified atom stereocenters. The number of nitrogens with one attached hydrogen (secondary N) is 2. The van der Waals surface area contributed by atoms with Crippen LogP contribution in [0.3, 0.4) is 0 Å². The average Bonchev–Trinajstić information content (AvgIpc) is 2.61. The number of benzene rings is 1. The second-order valence-corrected chi connectivity index (χ2v) is 5.25. The maximum absolute atomic E-state index is 5.28. The molecule has 0 aliphatic carbocycles. The molecule has 0 spiro atoms. The standard InChI is InChI=1S/C18H25N3O2/c1-22-16-11-15(12-17(13-16)23-2)14-19-8-5-6-10-21-18-7-3-4-9-20-18/h3-4,7,9,11-13,19H,5-6,8,10,14H2,1-2H3,(H,20,21). The van der Waals surface area contributed by atoms with E-state index in [0.717, 1.165) is 55.4 Å². The van der Waals surface area contributed by atoms with Crippen LogP contribution in [0, 0.1) is 0 Å². The van der Waals surface area contributed by atoms with Crippen molar-refractivity contribution in [2.75, 3.05) is 32.6 Å². The van der Waals surface area contributed by atoms with E-state index in [1.54, 1.807) is 20.4 Å². The smallest absolute Gasteiger partial charge is 0.125 e. The number of hydrogen-bond donors (Lipinski definition) is 2. The third kappa shape index (κ3) is 6.16. The molecule has 0 fully saturated rings. The molecular weight excluding hydrogens is 290 g/mol. The first-order chi connectivity index (χ1) is 11.3. The first kappa shape index (κ1) is 17.1. The predicted octanol–water partition coefficient (Wildman–Crippen LogP) is 3.08. The molecule has 2 N–H and O–H groups in total. The number of nitrogens with zero attached hydrogens (tertiary/aromatic N) is 1. The maximum atomic E-state index is 5.28. The van der Waals surface area contributed by atoms with Gasteiger partial charge in [-0.1, -0.05) is 6.07 Å². The summed E-state index contributed by atoms with van der Waals surface area (Å²) in [5.74, 6) is 2.57. The summed E-state index contributed by atoms with van der Waals surface area (Å²) in [4.78, 5) is 4.23. The van der Waals surface area contributed by atoms with E-state index >= 15 is 0 Å². The molecule has 124 valence electrons. The van der Waals surface area contributed by atoms with E-state index < -0.39 is 0 Å². The summed E-state index contributed by atoms with van der Waals surface area (Å²) < 4.78 is 10.6. The average molecular weight is 315 g/mol. The second-order valence-electron chi connectivity index (χ2n) is 5.25. The van der Waals surface area contributed by atoms with Gasteiger partial charge >= 0.3 is 0 Å². The zero-order valence-corrected chi connectivity index (χ0v) is 13.8. The maximum Gasteiger partial charge on any atom is 0.125 e. The monoisotopic (exact) mass is 315 g/mol. The van der Waals surface area contributed by atoms with Gasteiger partial charge in [-0.2, -0.15) is 0 Å². The van der Waals surface area contributed by atoms with Crippen LogP contribution in [0.25, 0.3) is 0 Å². The number of ether oxygens (including phenoxy) is 2. The normalized spacial score (nSPS) is 10.3. The fourth-order valence-electron chi connectivity index (χ4n) is 2.26. The van der Waals surface area contributed by atoms with Gasteiger partial charge in [-0.05, 0) is 49.2 Å². The minimum Gasteiger partial charge on any atom is -0.497 e. The molecule has 1 aromatic carbocycles. The van der Waals surface area contributed by atoms with Crippen molar-refractivity contribution >= 4 is 5.82 Å². The number of hydrogen-bond acceptors (Lipinski definition) is 5. The molecule has 5 heteroatoms. The van der Waals surface area contributed by atoms with Crippen LogP contribution in [0.5, 0.6) is 11.5 Å². The van der Waals surface area contributed by atoms with Crippen molar-refractivity contribution in [3.63, 3.8) is 0 Å². The van der Waals surface area contributed by atoms with E-state index in [1.807, 2.05) is 36.4 Å². The van der Waals surface area contributed by atoms with E-state index in [9.17, 15) is 0 Å². The highest BCUT2D eigenvalue weighted by molar-refractivity contribution is 5.38. The van der Waals surface area contributed by atoms with Crippen molar-refractivity contribution in [3.8, 4) is 11.5 Å². The molecule has 0 saturated carbocycles. The third-order valence-corrected chi connectivity index (χ3v) is 3.49. The summed E-state index contributed by atoms with van der Waals surface area (Å²) in [7, 11) is 3.33. The van der Waals surface area contributed by atoms with Gasteiger partial charge in [0.1, 0.15) is 17.3 Å². The fourth-order valence-corrected chi connectivity index (χ4v) is 2.26. The second kappa shape index (κ2) is 9.69. The van der Waals surface area contributed by atoms with Gasteiger partial charge in [0.25, 0.3) is 0 Å². The molecule has 23 heavy (non-hydrogen) atoms. The molecule has 1 heterocycles. The molecule has 0 aliphatic rings. The number of rotatable bonds is 10. The Kier molecular flexibility index (Phi) is 7.20. The van der Waals surface area contributed by atoms with Gasteiger partial charge in [-0.3, -0.25) is 0 Å². The molecule has 5 nitrogen and oxygen atoms in total. The Morgan fingerprint density at radius 3 is 2.35 bits per heavy atom. The summed E-state index contributed by atoms with van der Waals surface area (Å²) in [6, 6.07) is 11.8. The number of methoxy groups -OCH3 is 2. The third-order valence-electron chi connectivity index (χ3n) is 3.49. The van der Waals surface area contributed by atoms with Crippen LogP contribution in [-0.2, 0) is 6.54 Å². The Balaban J connectivity index is 1.62. The molecule has 0 radical (unpaired) electrons. The van der Waals surface area contributed by atoms with Gasteiger partial charge in [0.05, 0.1) is 14.2 Å². The highest BCUT2D eigenvalue weighted by atomic mass is 16.5. The quantitative estimate of drug-likeness (QED) is 0.660. The fraction of sp³-hybridized carbons (Fsp3) is 0.389. The molecule has 2 rings (SSSR count). The minimum absolute atomic E-state index is 0.807.